The lowest BCUT2D eigenvalue weighted by Gasteiger charge is -2.38. The highest BCUT2D eigenvalue weighted by molar-refractivity contribution is 6.03. The van der Waals surface area contributed by atoms with Crippen LogP contribution in [0.5, 0.6) is 6.01 Å². The maximum atomic E-state index is 16.7. The number of piperazine rings is 1. The molecule has 43 heavy (non-hydrogen) atoms. The number of rotatable bonds is 5. The van der Waals surface area contributed by atoms with Crippen LogP contribution in [-0.4, -0.2) is 66.8 Å². The van der Waals surface area contributed by atoms with E-state index in [1.807, 2.05) is 0 Å². The first-order valence-corrected chi connectivity index (χ1v) is 14.9. The minimum atomic E-state index is -0.857. The highest BCUT2D eigenvalue weighted by Gasteiger charge is 2.35. The predicted octanol–water partition coefficient (Wildman–Crippen LogP) is 5.90. The number of hydrogen-bond donors (Lipinski definition) is 1. The minimum Gasteiger partial charge on any atom is -0.463 e. The molecule has 0 amide bonds. The van der Waals surface area contributed by atoms with E-state index in [-0.39, 0.29) is 56.5 Å². The van der Waals surface area contributed by atoms with Crippen LogP contribution in [0.15, 0.2) is 36.4 Å². The van der Waals surface area contributed by atoms with Gasteiger partial charge in [-0.05, 0) is 62.4 Å². The zero-order valence-corrected chi connectivity index (χ0v) is 24.4. The van der Waals surface area contributed by atoms with Crippen molar-refractivity contribution in [3.8, 4) is 29.5 Å². The number of nitrogens with one attached hydrogen (secondary N) is 1. The number of anilines is 1. The van der Waals surface area contributed by atoms with Crippen molar-refractivity contribution >= 4 is 27.5 Å². The summed E-state index contributed by atoms with van der Waals surface area (Å²) in [5.74, 6) is 0.559. The molecule has 1 unspecified atom stereocenters. The van der Waals surface area contributed by atoms with Gasteiger partial charge in [0, 0.05) is 47.9 Å². The fourth-order valence-corrected chi connectivity index (χ4v) is 7.33. The molecule has 3 atom stereocenters. The molecule has 0 aliphatic carbocycles. The predicted molar refractivity (Wildman–Crippen MR) is 163 cm³/mol. The summed E-state index contributed by atoms with van der Waals surface area (Å²) in [5.41, 5.74) is -0.324. The van der Waals surface area contributed by atoms with Crippen LogP contribution < -0.4 is 15.0 Å². The summed E-state index contributed by atoms with van der Waals surface area (Å²) in [6.07, 6.45) is 9.81. The molecule has 1 N–H and O–H groups in total. The third kappa shape index (κ3) is 4.96. The zero-order chi connectivity index (χ0) is 29.9. The van der Waals surface area contributed by atoms with Gasteiger partial charge < -0.3 is 19.9 Å². The van der Waals surface area contributed by atoms with Crippen LogP contribution >= 0.6 is 0 Å². The van der Waals surface area contributed by atoms with E-state index in [1.165, 1.54) is 12.1 Å². The maximum absolute atomic E-state index is 16.7. The molecule has 6 nitrogen and oxygen atoms in total. The minimum absolute atomic E-state index is 0.0381. The third-order valence-corrected chi connectivity index (χ3v) is 9.29. The Balaban J connectivity index is 1.39. The Kier molecular flexibility index (Phi) is 6.94. The maximum Gasteiger partial charge on any atom is 0.319 e. The van der Waals surface area contributed by atoms with Crippen LogP contribution in [-0.2, 0) is 0 Å². The van der Waals surface area contributed by atoms with Gasteiger partial charge in [-0.15, -0.1) is 6.42 Å². The van der Waals surface area contributed by atoms with Crippen molar-refractivity contribution in [1.82, 2.24) is 20.2 Å². The van der Waals surface area contributed by atoms with Crippen LogP contribution in [0.2, 0.25) is 0 Å². The number of halogens is 3. The molecule has 3 aromatic carbocycles. The smallest absolute Gasteiger partial charge is 0.319 e. The Morgan fingerprint density at radius 2 is 1.88 bits per heavy atom. The second-order valence-electron chi connectivity index (χ2n) is 12.7. The summed E-state index contributed by atoms with van der Waals surface area (Å²) in [5, 5.41) is 4.74. The lowest BCUT2D eigenvalue weighted by atomic mass is 9.83. The van der Waals surface area contributed by atoms with Gasteiger partial charge in [0.1, 0.15) is 23.0 Å². The van der Waals surface area contributed by atoms with Gasteiger partial charge in [-0.3, -0.25) is 0 Å². The van der Waals surface area contributed by atoms with Crippen molar-refractivity contribution in [2.45, 2.75) is 44.7 Å². The van der Waals surface area contributed by atoms with Gasteiger partial charge >= 0.3 is 6.01 Å². The van der Waals surface area contributed by atoms with Gasteiger partial charge in [-0.25, -0.2) is 13.2 Å². The fourth-order valence-electron chi connectivity index (χ4n) is 7.33. The summed E-state index contributed by atoms with van der Waals surface area (Å²) in [7, 11) is 2.09. The molecule has 7 rings (SSSR count). The Morgan fingerprint density at radius 1 is 1.09 bits per heavy atom. The molecule has 3 aliphatic heterocycles. The van der Waals surface area contributed by atoms with Crippen LogP contribution in [0, 0.1) is 35.2 Å². The number of ether oxygens (including phenoxy) is 1. The molecule has 4 heterocycles. The molecule has 9 heteroatoms. The molecular weight excluding hydrogens is 551 g/mol. The number of hydrogen-bond acceptors (Lipinski definition) is 6. The van der Waals surface area contributed by atoms with Crippen molar-refractivity contribution in [2.75, 3.05) is 44.7 Å². The number of terminal acetylenes is 1. The molecule has 0 saturated carbocycles. The first kappa shape index (κ1) is 27.9. The molecular formula is C34H34F3N5O. The Hall–Kier alpha value is -3.87. The number of likely N-dealkylation sites (tertiary alicyclic amines) is 1. The summed E-state index contributed by atoms with van der Waals surface area (Å²) in [4.78, 5) is 13.7. The van der Waals surface area contributed by atoms with E-state index in [4.69, 9.17) is 16.1 Å². The van der Waals surface area contributed by atoms with Gasteiger partial charge in [0.15, 0.2) is 5.82 Å². The van der Waals surface area contributed by atoms with Crippen molar-refractivity contribution < 1.29 is 17.9 Å². The Bertz CT molecular complexity index is 1780. The quantitative estimate of drug-likeness (QED) is 0.295. The molecule has 1 aromatic heterocycles. The van der Waals surface area contributed by atoms with E-state index < -0.39 is 17.5 Å². The number of piperidine rings is 1. The topological polar surface area (TPSA) is 53.5 Å². The van der Waals surface area contributed by atoms with Crippen LogP contribution in [0.25, 0.3) is 32.8 Å². The zero-order valence-electron chi connectivity index (χ0n) is 24.4. The lowest BCUT2D eigenvalue weighted by molar-refractivity contribution is 0.0660. The average Bonchev–Trinajstić information content (AvgIpc) is 3.33. The van der Waals surface area contributed by atoms with Crippen molar-refractivity contribution in [1.29, 1.82) is 0 Å². The average molecular weight is 586 g/mol. The monoisotopic (exact) mass is 585 g/mol. The van der Waals surface area contributed by atoms with Gasteiger partial charge in [-0.2, -0.15) is 9.97 Å². The molecule has 0 radical (unpaired) electrons. The van der Waals surface area contributed by atoms with Crippen molar-refractivity contribution in [3.05, 3.63) is 59.4 Å². The van der Waals surface area contributed by atoms with Crippen LogP contribution in [0.1, 0.15) is 38.2 Å². The Morgan fingerprint density at radius 3 is 2.63 bits per heavy atom. The first-order valence-electron chi connectivity index (χ1n) is 14.9. The summed E-state index contributed by atoms with van der Waals surface area (Å²) < 4.78 is 53.8. The highest BCUT2D eigenvalue weighted by atomic mass is 19.1. The molecule has 222 valence electrons. The normalized spacial score (nSPS) is 24.0. The van der Waals surface area contributed by atoms with E-state index >= 15 is 8.78 Å². The summed E-state index contributed by atoms with van der Waals surface area (Å²) >= 11 is 0. The number of nitrogens with zero attached hydrogens (tertiary/aromatic N) is 4. The van der Waals surface area contributed by atoms with Crippen LogP contribution in [0.4, 0.5) is 19.0 Å². The van der Waals surface area contributed by atoms with E-state index in [0.717, 1.165) is 38.8 Å². The summed E-state index contributed by atoms with van der Waals surface area (Å²) in [6, 6.07) is 9.72. The second kappa shape index (κ2) is 10.7. The molecule has 3 aliphatic rings. The molecule has 3 fully saturated rings. The first-order chi connectivity index (χ1) is 20.7. The molecule has 2 bridgehead atoms. The van der Waals surface area contributed by atoms with E-state index in [2.05, 4.69) is 40.0 Å². The molecule has 0 spiro atoms. The number of aromatic nitrogens is 2. The van der Waals surface area contributed by atoms with Gasteiger partial charge in [0.05, 0.1) is 17.7 Å². The van der Waals surface area contributed by atoms with Gasteiger partial charge in [-0.1, -0.05) is 37.1 Å². The standard InChI is InChI=1S/C34H34F3N5O/c1-4-23-26(35)12-9-20-7-5-8-24(28(20)23)29-27(36)15-25-31(30(29)37)39-33(43-19-34(2)13-6-14-41(3)18-34)40-32(25)42-16-21-10-11-22(17-42)38-21/h1,5,7-9,12,15,21-22,38H,6,10-11,13-14,16-19H2,2-3H3/t21-,22+,34?. The van der Waals surface area contributed by atoms with E-state index in [0.29, 0.717) is 30.9 Å². The number of fused-ring (bicyclic) bond motifs is 4. The van der Waals surface area contributed by atoms with Crippen LogP contribution in [0.3, 0.4) is 0 Å². The van der Waals surface area contributed by atoms with Gasteiger partial charge in [0.25, 0.3) is 0 Å². The second-order valence-corrected chi connectivity index (χ2v) is 12.7. The summed E-state index contributed by atoms with van der Waals surface area (Å²) in [6.45, 7) is 5.80. The molecule has 4 aromatic rings. The number of benzene rings is 3. The van der Waals surface area contributed by atoms with Crippen molar-refractivity contribution in [3.63, 3.8) is 0 Å². The lowest BCUT2D eigenvalue weighted by Crippen LogP contribution is -2.51. The SMILES string of the molecule is C#Cc1c(F)ccc2cccc(-c3c(F)cc4c(N5C[C@H]6CC[C@@H](C5)N6)nc(OCC5(C)CCCN(C)C5)nc4c3F)c12. The Labute approximate surface area is 249 Å². The fraction of sp³-hybridized carbons (Fsp3) is 0.412. The van der Waals surface area contributed by atoms with E-state index in [1.54, 1.807) is 24.3 Å². The largest absolute Gasteiger partial charge is 0.463 e. The molecule has 3 saturated heterocycles. The van der Waals surface area contributed by atoms with Crippen molar-refractivity contribution in [2.24, 2.45) is 5.41 Å². The van der Waals surface area contributed by atoms with E-state index in [9.17, 15) is 4.39 Å². The van der Waals surface area contributed by atoms with Gasteiger partial charge in [0.2, 0.25) is 0 Å². The highest BCUT2D eigenvalue weighted by Crippen LogP contribution is 2.40. The third-order valence-electron chi connectivity index (χ3n) is 9.29.